The van der Waals surface area contributed by atoms with Crippen molar-refractivity contribution >= 4 is 35.0 Å². The summed E-state index contributed by atoms with van der Waals surface area (Å²) < 4.78 is 4.65. The van der Waals surface area contributed by atoms with E-state index in [0.717, 1.165) is 45.4 Å². The molecule has 2 atom stereocenters. The molecule has 0 N–H and O–H groups in total. The third-order valence-corrected chi connectivity index (χ3v) is 5.50. The average Bonchev–Trinajstić information content (AvgIpc) is 2.97. The Bertz CT molecular complexity index is 446. The summed E-state index contributed by atoms with van der Waals surface area (Å²) in [6.07, 6.45) is 4.51. The molecule has 0 unspecified atom stereocenters. The fourth-order valence-corrected chi connectivity index (χ4v) is 3.69. The van der Waals surface area contributed by atoms with Crippen molar-refractivity contribution in [3.63, 3.8) is 0 Å². The molecule has 124 valence electrons. The third kappa shape index (κ3) is 3.69. The maximum atomic E-state index is 12.6. The number of likely N-dealkylation sites (tertiary alicyclic amines) is 1. The zero-order chi connectivity index (χ0) is 15.7. The van der Waals surface area contributed by atoms with Crippen LogP contribution in [0, 0.1) is 5.92 Å². The first kappa shape index (κ1) is 16.3. The first-order valence-electron chi connectivity index (χ1n) is 8.03. The van der Waals surface area contributed by atoms with Gasteiger partial charge in [-0.15, -0.1) is 23.2 Å². The quantitative estimate of drug-likeness (QED) is 0.712. The van der Waals surface area contributed by atoms with Crippen LogP contribution in [-0.4, -0.2) is 64.8 Å². The number of amides is 2. The van der Waals surface area contributed by atoms with Gasteiger partial charge in [0, 0.05) is 26.2 Å². The van der Waals surface area contributed by atoms with Crippen LogP contribution >= 0.6 is 23.2 Å². The maximum absolute atomic E-state index is 12.6. The monoisotopic (exact) mass is 348 g/mol. The predicted molar refractivity (Wildman–Crippen MR) is 83.9 cm³/mol. The SMILES string of the molecule is O=C(CN(C[C@H]1CCCO1)C(=O)[C@H]1CC1(Cl)Cl)N1CCCC1. The summed E-state index contributed by atoms with van der Waals surface area (Å²) in [6, 6.07) is 0. The molecule has 0 bridgehead atoms. The largest absolute Gasteiger partial charge is 0.376 e. The number of hydrogen-bond donors (Lipinski definition) is 0. The lowest BCUT2D eigenvalue weighted by molar-refractivity contribution is -0.142. The number of carbonyl (C=O) groups is 2. The Morgan fingerprint density at radius 3 is 2.45 bits per heavy atom. The lowest BCUT2D eigenvalue weighted by atomic mass is 10.2. The molecule has 5 nitrogen and oxygen atoms in total. The smallest absolute Gasteiger partial charge is 0.242 e. The van der Waals surface area contributed by atoms with Crippen LogP contribution in [0.5, 0.6) is 0 Å². The summed E-state index contributed by atoms with van der Waals surface area (Å²) >= 11 is 12.0. The van der Waals surface area contributed by atoms with Gasteiger partial charge in [-0.1, -0.05) is 0 Å². The standard InChI is InChI=1S/C15H22Cl2N2O3/c16-15(17)8-12(15)14(21)19(9-11-4-3-7-22-11)10-13(20)18-5-1-2-6-18/h11-12H,1-10H2/t11-,12-/m1/s1. The molecule has 2 amide bonds. The first-order valence-corrected chi connectivity index (χ1v) is 8.79. The van der Waals surface area contributed by atoms with Crippen LogP contribution in [0.2, 0.25) is 0 Å². The third-order valence-electron chi connectivity index (χ3n) is 4.67. The van der Waals surface area contributed by atoms with Gasteiger partial charge in [0.1, 0.15) is 4.33 Å². The fraction of sp³-hybridized carbons (Fsp3) is 0.867. The highest BCUT2D eigenvalue weighted by Crippen LogP contribution is 2.53. The second-order valence-corrected chi connectivity index (χ2v) is 8.00. The minimum atomic E-state index is -0.956. The molecule has 3 rings (SSSR count). The number of rotatable bonds is 5. The van der Waals surface area contributed by atoms with E-state index in [1.165, 1.54) is 0 Å². The molecule has 3 aliphatic rings. The summed E-state index contributed by atoms with van der Waals surface area (Å²) in [5.41, 5.74) is 0. The minimum absolute atomic E-state index is 0.0132. The van der Waals surface area contributed by atoms with Crippen molar-refractivity contribution in [1.29, 1.82) is 0 Å². The van der Waals surface area contributed by atoms with Gasteiger partial charge in [-0.2, -0.15) is 0 Å². The van der Waals surface area contributed by atoms with Crippen molar-refractivity contribution in [1.82, 2.24) is 9.80 Å². The minimum Gasteiger partial charge on any atom is -0.376 e. The van der Waals surface area contributed by atoms with E-state index in [4.69, 9.17) is 27.9 Å². The highest BCUT2D eigenvalue weighted by atomic mass is 35.5. The van der Waals surface area contributed by atoms with E-state index in [-0.39, 0.29) is 30.4 Å². The number of nitrogens with zero attached hydrogens (tertiary/aromatic N) is 2. The van der Waals surface area contributed by atoms with Crippen molar-refractivity contribution in [3.05, 3.63) is 0 Å². The average molecular weight is 349 g/mol. The molecule has 2 heterocycles. The van der Waals surface area contributed by atoms with Crippen molar-refractivity contribution in [3.8, 4) is 0 Å². The van der Waals surface area contributed by atoms with Crippen LogP contribution in [0.25, 0.3) is 0 Å². The molecular formula is C15H22Cl2N2O3. The molecule has 0 aromatic heterocycles. The second kappa shape index (κ2) is 6.54. The number of alkyl halides is 2. The van der Waals surface area contributed by atoms with Gasteiger partial charge in [0.2, 0.25) is 11.8 Å². The van der Waals surface area contributed by atoms with Crippen LogP contribution in [0.3, 0.4) is 0 Å². The number of halogens is 2. The van der Waals surface area contributed by atoms with E-state index in [2.05, 4.69) is 0 Å². The van der Waals surface area contributed by atoms with E-state index in [1.807, 2.05) is 4.90 Å². The maximum Gasteiger partial charge on any atom is 0.242 e. The number of ether oxygens (including phenoxy) is 1. The van der Waals surface area contributed by atoms with Gasteiger partial charge in [-0.3, -0.25) is 9.59 Å². The summed E-state index contributed by atoms with van der Waals surface area (Å²) in [5.74, 6) is -0.490. The second-order valence-electron chi connectivity index (χ2n) is 6.46. The number of carbonyl (C=O) groups excluding carboxylic acids is 2. The molecule has 2 aliphatic heterocycles. The fourth-order valence-electron chi connectivity index (χ4n) is 3.20. The van der Waals surface area contributed by atoms with Gasteiger partial charge in [0.25, 0.3) is 0 Å². The van der Waals surface area contributed by atoms with Crippen LogP contribution in [0.1, 0.15) is 32.1 Å². The van der Waals surface area contributed by atoms with Gasteiger partial charge in [-0.05, 0) is 32.1 Å². The predicted octanol–water partition coefficient (Wildman–Crippen LogP) is 1.81. The highest BCUT2D eigenvalue weighted by Gasteiger charge is 2.57. The summed E-state index contributed by atoms with van der Waals surface area (Å²) in [5, 5.41) is 0. The topological polar surface area (TPSA) is 49.9 Å². The van der Waals surface area contributed by atoms with Crippen LogP contribution < -0.4 is 0 Å². The van der Waals surface area contributed by atoms with Crippen LogP contribution in [0.15, 0.2) is 0 Å². The van der Waals surface area contributed by atoms with Gasteiger partial charge in [-0.25, -0.2) is 0 Å². The number of hydrogen-bond acceptors (Lipinski definition) is 3. The zero-order valence-corrected chi connectivity index (χ0v) is 14.1. The molecule has 1 aliphatic carbocycles. The van der Waals surface area contributed by atoms with E-state index in [0.29, 0.717) is 13.0 Å². The normalized spacial score (nSPS) is 29.6. The van der Waals surface area contributed by atoms with Crippen molar-refractivity contribution in [2.75, 3.05) is 32.8 Å². The molecular weight excluding hydrogens is 327 g/mol. The van der Waals surface area contributed by atoms with Crippen molar-refractivity contribution in [2.24, 2.45) is 5.92 Å². The lowest BCUT2D eigenvalue weighted by Gasteiger charge is -2.27. The summed E-state index contributed by atoms with van der Waals surface area (Å²) in [7, 11) is 0. The van der Waals surface area contributed by atoms with Gasteiger partial charge >= 0.3 is 0 Å². The van der Waals surface area contributed by atoms with Crippen LogP contribution in [-0.2, 0) is 14.3 Å². The molecule has 1 saturated carbocycles. The Labute approximate surface area is 140 Å². The summed E-state index contributed by atoms with van der Waals surface area (Å²) in [4.78, 5) is 28.4. The highest BCUT2D eigenvalue weighted by molar-refractivity contribution is 6.52. The van der Waals surface area contributed by atoms with E-state index in [9.17, 15) is 9.59 Å². The molecule has 22 heavy (non-hydrogen) atoms. The zero-order valence-electron chi connectivity index (χ0n) is 12.6. The molecule has 2 saturated heterocycles. The van der Waals surface area contributed by atoms with E-state index < -0.39 is 4.33 Å². The lowest BCUT2D eigenvalue weighted by Crippen LogP contribution is -2.46. The Balaban J connectivity index is 1.62. The molecule has 7 heteroatoms. The van der Waals surface area contributed by atoms with Gasteiger partial charge < -0.3 is 14.5 Å². The molecule has 0 radical (unpaired) electrons. The Morgan fingerprint density at radius 1 is 1.23 bits per heavy atom. The Morgan fingerprint density at radius 2 is 1.91 bits per heavy atom. The molecule has 0 aromatic rings. The first-order chi connectivity index (χ1) is 10.5. The van der Waals surface area contributed by atoms with Crippen molar-refractivity contribution < 1.29 is 14.3 Å². The Kier molecular flexibility index (Phi) is 4.86. The molecule has 3 fully saturated rings. The molecule has 0 spiro atoms. The van der Waals surface area contributed by atoms with E-state index in [1.54, 1.807) is 4.90 Å². The van der Waals surface area contributed by atoms with Gasteiger partial charge in [0.15, 0.2) is 0 Å². The van der Waals surface area contributed by atoms with Crippen molar-refractivity contribution in [2.45, 2.75) is 42.5 Å². The Hall–Kier alpha value is -0.520. The summed E-state index contributed by atoms with van der Waals surface area (Å²) in [6.45, 7) is 2.88. The van der Waals surface area contributed by atoms with Gasteiger partial charge in [0.05, 0.1) is 18.6 Å². The van der Waals surface area contributed by atoms with E-state index >= 15 is 0 Å². The molecule has 0 aromatic carbocycles. The van der Waals surface area contributed by atoms with Crippen LogP contribution in [0.4, 0.5) is 0 Å².